The summed E-state index contributed by atoms with van der Waals surface area (Å²) in [6.45, 7) is 0. The van der Waals surface area contributed by atoms with Crippen LogP contribution >= 0.6 is 11.6 Å². The van der Waals surface area contributed by atoms with Crippen LogP contribution in [0, 0.1) is 0 Å². The largest absolute Gasteiger partial charge is 0.497 e. The molecule has 0 aromatic heterocycles. The molecule has 1 heterocycles. The van der Waals surface area contributed by atoms with Crippen LogP contribution in [0.2, 0.25) is 0 Å². The van der Waals surface area contributed by atoms with Gasteiger partial charge in [0.25, 0.3) is 5.91 Å². The van der Waals surface area contributed by atoms with E-state index in [1.165, 1.54) is 0 Å². The Morgan fingerprint density at radius 1 is 1.52 bits per heavy atom. The molecule has 110 valence electrons. The van der Waals surface area contributed by atoms with Crippen LogP contribution in [-0.4, -0.2) is 36.5 Å². The van der Waals surface area contributed by atoms with Crippen LogP contribution in [0.5, 0.6) is 5.75 Å². The van der Waals surface area contributed by atoms with Crippen molar-refractivity contribution in [2.45, 2.75) is 12.5 Å². The minimum absolute atomic E-state index is 0.138. The molecule has 0 saturated carbocycles. The van der Waals surface area contributed by atoms with Gasteiger partial charge in [-0.3, -0.25) is 14.9 Å². The molecule has 2 rings (SSSR count). The van der Waals surface area contributed by atoms with Crippen molar-refractivity contribution in [1.29, 1.82) is 0 Å². The smallest absolute Gasteiger partial charge is 0.252 e. The number of ether oxygens (including phenoxy) is 1. The Hall–Kier alpha value is -2.41. The third-order valence-electron chi connectivity index (χ3n) is 2.68. The van der Waals surface area contributed by atoms with Crippen LogP contribution in [0.4, 0.5) is 0 Å². The van der Waals surface area contributed by atoms with Gasteiger partial charge in [0, 0.05) is 0 Å². The standard InChI is InChI=1S/C13H13ClN4O3/c1-21-9-4-2-8(3-5-9)7-15-18-13-16-10(6-11(14)19)12(20)17-13/h2-5,7,10H,6H2,1H3,(H2,16,17,18,20). The van der Waals surface area contributed by atoms with Gasteiger partial charge in [0.2, 0.25) is 11.2 Å². The second-order valence-corrected chi connectivity index (χ2v) is 4.61. The first-order chi connectivity index (χ1) is 10.1. The molecule has 8 heteroatoms. The lowest BCUT2D eigenvalue weighted by atomic mass is 10.2. The van der Waals surface area contributed by atoms with E-state index in [0.29, 0.717) is 0 Å². The van der Waals surface area contributed by atoms with E-state index in [9.17, 15) is 9.59 Å². The van der Waals surface area contributed by atoms with Crippen molar-refractivity contribution >= 4 is 34.9 Å². The maximum Gasteiger partial charge on any atom is 0.252 e. The molecule has 2 N–H and O–H groups in total. The normalized spacial score (nSPS) is 17.5. The van der Waals surface area contributed by atoms with Crippen molar-refractivity contribution in [3.63, 3.8) is 0 Å². The molecule has 0 saturated heterocycles. The molecule has 0 aliphatic carbocycles. The molecular formula is C13H13ClN4O3. The molecule has 7 nitrogen and oxygen atoms in total. The zero-order valence-corrected chi connectivity index (χ0v) is 11.9. The zero-order chi connectivity index (χ0) is 15.2. The van der Waals surface area contributed by atoms with E-state index in [4.69, 9.17) is 16.3 Å². The van der Waals surface area contributed by atoms with Gasteiger partial charge < -0.3 is 4.74 Å². The number of nitrogens with one attached hydrogen (secondary N) is 2. The molecule has 1 atom stereocenters. The number of hydrogen-bond acceptors (Lipinski definition) is 6. The minimum atomic E-state index is -0.798. The molecule has 1 aromatic rings. The molecule has 0 spiro atoms. The predicted octanol–water partition coefficient (Wildman–Crippen LogP) is 0.629. The summed E-state index contributed by atoms with van der Waals surface area (Å²) in [4.78, 5) is 26.2. The Kier molecular flexibility index (Phi) is 4.89. The minimum Gasteiger partial charge on any atom is -0.497 e. The second-order valence-electron chi connectivity index (χ2n) is 4.19. The molecule has 0 fully saturated rings. The highest BCUT2D eigenvalue weighted by Gasteiger charge is 2.27. The lowest BCUT2D eigenvalue weighted by molar-refractivity contribution is -0.122. The highest BCUT2D eigenvalue weighted by atomic mass is 35.5. The molecule has 0 radical (unpaired) electrons. The van der Waals surface area contributed by atoms with E-state index in [-0.39, 0.29) is 18.3 Å². The first-order valence-corrected chi connectivity index (χ1v) is 6.46. The summed E-state index contributed by atoms with van der Waals surface area (Å²) in [5.74, 6) is 0.556. The average molecular weight is 309 g/mol. The first-order valence-electron chi connectivity index (χ1n) is 6.08. The summed E-state index contributed by atoms with van der Waals surface area (Å²) >= 11 is 5.23. The number of hydrazone groups is 1. The van der Waals surface area contributed by atoms with Gasteiger partial charge in [-0.1, -0.05) is 0 Å². The molecule has 1 aromatic carbocycles. The topological polar surface area (TPSA) is 92.2 Å². The number of rotatable bonds is 5. The van der Waals surface area contributed by atoms with Gasteiger partial charge in [-0.2, -0.15) is 5.10 Å². The first kappa shape index (κ1) is 15.0. The highest BCUT2D eigenvalue weighted by Crippen LogP contribution is 2.10. The number of methoxy groups -OCH3 is 1. The third-order valence-corrected chi connectivity index (χ3v) is 2.84. The van der Waals surface area contributed by atoms with E-state index < -0.39 is 11.3 Å². The third kappa shape index (κ3) is 4.28. The van der Waals surface area contributed by atoms with Crippen LogP contribution in [0.15, 0.2) is 34.4 Å². The number of guanidine groups is 1. The maximum absolute atomic E-state index is 11.5. The van der Waals surface area contributed by atoms with Crippen LogP contribution in [-0.2, 0) is 9.59 Å². The summed E-state index contributed by atoms with van der Waals surface area (Å²) in [5.41, 5.74) is 3.44. The van der Waals surface area contributed by atoms with E-state index >= 15 is 0 Å². The Morgan fingerprint density at radius 2 is 2.24 bits per heavy atom. The zero-order valence-electron chi connectivity index (χ0n) is 11.2. The Labute approximate surface area is 126 Å². The van der Waals surface area contributed by atoms with Crippen molar-refractivity contribution in [3.05, 3.63) is 29.8 Å². The SMILES string of the molecule is COc1ccc(C=NNC2=NC(CC(=O)Cl)C(=O)N2)cc1. The summed E-state index contributed by atoms with van der Waals surface area (Å²) < 4.78 is 5.05. The number of carbonyl (C=O) groups is 2. The van der Waals surface area contributed by atoms with Gasteiger partial charge in [-0.15, -0.1) is 0 Å². The fourth-order valence-corrected chi connectivity index (χ4v) is 1.80. The number of nitrogens with zero attached hydrogens (tertiary/aromatic N) is 2. The Balaban J connectivity index is 1.91. The van der Waals surface area contributed by atoms with Crippen LogP contribution < -0.4 is 15.5 Å². The van der Waals surface area contributed by atoms with Crippen molar-refractivity contribution in [2.24, 2.45) is 10.1 Å². The van der Waals surface area contributed by atoms with E-state index in [1.807, 2.05) is 12.1 Å². The lowest BCUT2D eigenvalue weighted by Gasteiger charge is -2.00. The van der Waals surface area contributed by atoms with Crippen molar-refractivity contribution in [2.75, 3.05) is 7.11 Å². The summed E-state index contributed by atoms with van der Waals surface area (Å²) in [7, 11) is 1.59. The van der Waals surface area contributed by atoms with Crippen LogP contribution in [0.1, 0.15) is 12.0 Å². The van der Waals surface area contributed by atoms with Gasteiger partial charge in [-0.25, -0.2) is 10.4 Å². The van der Waals surface area contributed by atoms with Crippen molar-refractivity contribution in [1.82, 2.24) is 10.7 Å². The number of benzene rings is 1. The number of halogens is 1. The van der Waals surface area contributed by atoms with E-state index in [0.717, 1.165) is 11.3 Å². The van der Waals surface area contributed by atoms with Gasteiger partial charge in [0.15, 0.2) is 0 Å². The molecule has 0 bridgehead atoms. The van der Waals surface area contributed by atoms with Gasteiger partial charge in [-0.05, 0) is 41.4 Å². The summed E-state index contributed by atoms with van der Waals surface area (Å²) in [5, 5.41) is 5.81. The molecule has 1 aliphatic heterocycles. The van der Waals surface area contributed by atoms with Gasteiger partial charge >= 0.3 is 0 Å². The maximum atomic E-state index is 11.5. The predicted molar refractivity (Wildman–Crippen MR) is 78.6 cm³/mol. The highest BCUT2D eigenvalue weighted by molar-refractivity contribution is 6.63. The molecule has 1 aliphatic rings. The van der Waals surface area contributed by atoms with Crippen molar-refractivity contribution < 1.29 is 14.3 Å². The van der Waals surface area contributed by atoms with E-state index in [2.05, 4.69) is 20.8 Å². The Bertz CT molecular complexity index is 598. The number of amides is 1. The number of aliphatic imine (C=N–C) groups is 1. The average Bonchev–Trinajstić information content (AvgIpc) is 2.79. The summed E-state index contributed by atoms with van der Waals surface area (Å²) in [6, 6.07) is 6.47. The molecule has 1 unspecified atom stereocenters. The van der Waals surface area contributed by atoms with Crippen molar-refractivity contribution in [3.8, 4) is 5.75 Å². The van der Waals surface area contributed by atoms with Crippen LogP contribution in [0.25, 0.3) is 0 Å². The quantitative estimate of drug-likeness (QED) is 0.474. The monoisotopic (exact) mass is 308 g/mol. The van der Waals surface area contributed by atoms with Gasteiger partial charge in [0.05, 0.1) is 19.7 Å². The summed E-state index contributed by atoms with van der Waals surface area (Å²) in [6.07, 6.45) is 1.43. The molecular weight excluding hydrogens is 296 g/mol. The van der Waals surface area contributed by atoms with Crippen LogP contribution in [0.3, 0.4) is 0 Å². The lowest BCUT2D eigenvalue weighted by Crippen LogP contribution is -2.35. The Morgan fingerprint density at radius 3 is 2.86 bits per heavy atom. The number of hydrogen-bond donors (Lipinski definition) is 2. The molecule has 1 amide bonds. The fraction of sp³-hybridized carbons (Fsp3) is 0.231. The molecule has 21 heavy (non-hydrogen) atoms. The fourth-order valence-electron chi connectivity index (χ4n) is 1.65. The van der Waals surface area contributed by atoms with E-state index in [1.54, 1.807) is 25.5 Å². The number of carbonyl (C=O) groups excluding carboxylic acids is 2. The second kappa shape index (κ2) is 6.85. The van der Waals surface area contributed by atoms with Gasteiger partial charge in [0.1, 0.15) is 11.8 Å².